The molecule has 3 N–H and O–H groups in total. The van der Waals surface area contributed by atoms with Gasteiger partial charge in [-0.05, 0) is 37.8 Å². The zero-order chi connectivity index (χ0) is 25.5. The summed E-state index contributed by atoms with van der Waals surface area (Å²) in [4.78, 5) is 26.2. The minimum Gasteiger partial charge on any atom is -0.434 e. The summed E-state index contributed by atoms with van der Waals surface area (Å²) in [5, 5.41) is 7.40. The van der Waals surface area contributed by atoms with Gasteiger partial charge in [0.25, 0.3) is 5.91 Å². The van der Waals surface area contributed by atoms with E-state index in [0.29, 0.717) is 40.3 Å². The monoisotopic (exact) mass is 507 g/mol. The highest BCUT2D eigenvalue weighted by Gasteiger charge is 2.44. The zero-order valence-electron chi connectivity index (χ0n) is 19.3. The van der Waals surface area contributed by atoms with Gasteiger partial charge in [-0.3, -0.25) is 4.79 Å². The van der Waals surface area contributed by atoms with E-state index in [1.54, 1.807) is 6.07 Å². The van der Waals surface area contributed by atoms with Crippen LogP contribution in [0.3, 0.4) is 0 Å². The fourth-order valence-corrected chi connectivity index (χ4v) is 5.66. The Hall–Kier alpha value is -4.06. The van der Waals surface area contributed by atoms with Crippen molar-refractivity contribution in [3.8, 4) is 17.0 Å². The summed E-state index contributed by atoms with van der Waals surface area (Å²) in [6.45, 7) is -3.06. The maximum atomic E-state index is 15.2. The Morgan fingerprint density at radius 2 is 1.97 bits per heavy atom. The summed E-state index contributed by atoms with van der Waals surface area (Å²) in [5.41, 5.74) is 8.24. The van der Waals surface area contributed by atoms with Gasteiger partial charge < -0.3 is 15.8 Å². The van der Waals surface area contributed by atoms with Gasteiger partial charge in [0.2, 0.25) is 0 Å². The average Bonchev–Trinajstić information content (AvgIpc) is 3.33. The van der Waals surface area contributed by atoms with Crippen LogP contribution in [0, 0.1) is 5.82 Å². The molecule has 1 amide bonds. The van der Waals surface area contributed by atoms with Gasteiger partial charge in [-0.15, -0.1) is 0 Å². The molecule has 0 saturated heterocycles. The fraction of sp³-hybridized carbons (Fsp3) is 0.320. The zero-order valence-corrected chi connectivity index (χ0v) is 19.3. The molecular weight excluding hydrogens is 487 g/mol. The Balaban J connectivity index is 1.37. The molecule has 4 aromatic rings. The van der Waals surface area contributed by atoms with Crippen molar-refractivity contribution in [1.82, 2.24) is 29.9 Å². The lowest BCUT2D eigenvalue weighted by atomic mass is 9.77. The molecule has 2 aliphatic carbocycles. The van der Waals surface area contributed by atoms with Gasteiger partial charge in [0.1, 0.15) is 17.3 Å². The van der Waals surface area contributed by atoms with E-state index >= 15 is 4.39 Å². The predicted molar refractivity (Wildman–Crippen MR) is 123 cm³/mol. The van der Waals surface area contributed by atoms with Crippen molar-refractivity contribution in [1.29, 1.82) is 0 Å². The highest BCUT2D eigenvalue weighted by Crippen LogP contribution is 2.51. The van der Waals surface area contributed by atoms with Crippen molar-refractivity contribution < 1.29 is 22.7 Å². The van der Waals surface area contributed by atoms with Crippen LogP contribution in [0.25, 0.3) is 16.9 Å². The SMILES string of the molecule is NC1(c2ncc(-c3nc4c5c(nn4cc3F)[C@H]3C[C@@H]5c4c(OC(F)F)cccc4C(=O)N3)cn2)CCC1. The molecule has 1 aliphatic heterocycles. The van der Waals surface area contributed by atoms with Crippen LogP contribution in [-0.2, 0) is 5.54 Å². The minimum absolute atomic E-state index is 0.0297. The molecule has 37 heavy (non-hydrogen) atoms. The van der Waals surface area contributed by atoms with Crippen LogP contribution in [0.5, 0.6) is 5.75 Å². The van der Waals surface area contributed by atoms with Crippen LogP contribution in [0.1, 0.15) is 70.6 Å². The summed E-state index contributed by atoms with van der Waals surface area (Å²) in [6, 6.07) is 3.99. The molecule has 7 rings (SSSR count). The fourth-order valence-electron chi connectivity index (χ4n) is 5.66. The molecule has 2 atom stereocenters. The molecule has 1 saturated carbocycles. The minimum atomic E-state index is -3.06. The highest BCUT2D eigenvalue weighted by molar-refractivity contribution is 5.98. The lowest BCUT2D eigenvalue weighted by Gasteiger charge is -2.36. The van der Waals surface area contributed by atoms with E-state index in [9.17, 15) is 13.6 Å². The molecule has 9 nitrogen and oxygen atoms in total. The van der Waals surface area contributed by atoms with E-state index in [0.717, 1.165) is 19.3 Å². The van der Waals surface area contributed by atoms with E-state index in [1.807, 2.05) is 0 Å². The number of hydrogen-bond donors (Lipinski definition) is 2. The van der Waals surface area contributed by atoms with Gasteiger partial charge in [-0.1, -0.05) is 6.07 Å². The molecule has 12 heteroatoms. The number of alkyl halides is 2. The third kappa shape index (κ3) is 3.24. The number of halogens is 3. The van der Waals surface area contributed by atoms with Crippen LogP contribution in [0.2, 0.25) is 0 Å². The largest absolute Gasteiger partial charge is 0.434 e. The molecule has 0 radical (unpaired) electrons. The Kier molecular flexibility index (Phi) is 4.62. The first-order valence-electron chi connectivity index (χ1n) is 11.9. The van der Waals surface area contributed by atoms with Crippen molar-refractivity contribution in [3.63, 3.8) is 0 Å². The number of amides is 1. The molecule has 2 bridgehead atoms. The second-order valence-corrected chi connectivity index (χ2v) is 9.72. The normalized spacial score (nSPS) is 21.3. The number of hydrogen-bond acceptors (Lipinski definition) is 7. The van der Waals surface area contributed by atoms with Crippen LogP contribution in [0.4, 0.5) is 13.2 Å². The molecule has 188 valence electrons. The topological polar surface area (TPSA) is 120 Å². The van der Waals surface area contributed by atoms with Crippen molar-refractivity contribution in [2.24, 2.45) is 5.73 Å². The van der Waals surface area contributed by atoms with Crippen LogP contribution >= 0.6 is 0 Å². The third-order valence-electron chi connectivity index (χ3n) is 7.58. The van der Waals surface area contributed by atoms with Crippen LogP contribution < -0.4 is 15.8 Å². The van der Waals surface area contributed by atoms with Crippen molar-refractivity contribution in [2.45, 2.75) is 49.8 Å². The second kappa shape index (κ2) is 7.72. The molecule has 0 spiro atoms. The van der Waals surface area contributed by atoms with Gasteiger partial charge >= 0.3 is 6.61 Å². The smallest absolute Gasteiger partial charge is 0.387 e. The van der Waals surface area contributed by atoms with Crippen molar-refractivity contribution in [3.05, 3.63) is 70.8 Å². The summed E-state index contributed by atoms with van der Waals surface area (Å²) in [6.07, 6.45) is 7.20. The molecule has 3 aromatic heterocycles. The summed E-state index contributed by atoms with van der Waals surface area (Å²) in [5.74, 6) is -1.13. The first-order valence-corrected chi connectivity index (χ1v) is 11.9. The summed E-state index contributed by atoms with van der Waals surface area (Å²) < 4.78 is 47.7. The highest BCUT2D eigenvalue weighted by atomic mass is 19.3. The summed E-state index contributed by atoms with van der Waals surface area (Å²) in [7, 11) is 0. The summed E-state index contributed by atoms with van der Waals surface area (Å²) >= 11 is 0. The first kappa shape index (κ1) is 22.2. The number of ether oxygens (including phenoxy) is 1. The molecular formula is C25H20F3N7O2. The standard InChI is InChI=1S/C25H20F3N7O2/c26-14-10-35-21(33-19(14)11-8-30-23(31-9-11)25(29)5-2-6-25)18-13-7-15(20(18)34-35)32-22(36)12-3-1-4-16(17(12)13)37-24(27)28/h1,3-4,8-10,13,15,24H,2,5-7,29H2,(H,32,36)/t13-,15-/m1/s1. The molecule has 0 unspecified atom stereocenters. The third-order valence-corrected chi connectivity index (χ3v) is 7.58. The Morgan fingerprint density at radius 3 is 2.68 bits per heavy atom. The number of nitrogens with one attached hydrogen (secondary N) is 1. The Labute approximate surface area is 207 Å². The number of carbonyl (C=O) groups excluding carboxylic acids is 1. The van der Waals surface area contributed by atoms with E-state index in [-0.39, 0.29) is 17.0 Å². The van der Waals surface area contributed by atoms with Crippen LogP contribution in [0.15, 0.2) is 36.8 Å². The van der Waals surface area contributed by atoms with Gasteiger partial charge in [0.05, 0.1) is 23.5 Å². The number of fused-ring (bicyclic) bond motifs is 9. The number of nitrogens with zero attached hydrogens (tertiary/aromatic N) is 5. The van der Waals surface area contributed by atoms with Gasteiger partial charge in [0.15, 0.2) is 11.5 Å². The average molecular weight is 507 g/mol. The molecule has 1 aromatic carbocycles. The van der Waals surface area contributed by atoms with E-state index in [2.05, 4.69) is 25.4 Å². The van der Waals surface area contributed by atoms with Crippen molar-refractivity contribution >= 4 is 11.6 Å². The number of benzene rings is 1. The van der Waals surface area contributed by atoms with Gasteiger partial charge in [-0.2, -0.15) is 13.9 Å². The number of aromatic nitrogens is 5. The van der Waals surface area contributed by atoms with Gasteiger partial charge in [0, 0.05) is 40.6 Å². The first-order chi connectivity index (χ1) is 17.8. The predicted octanol–water partition coefficient (Wildman–Crippen LogP) is 3.58. The van der Waals surface area contributed by atoms with E-state index in [1.165, 1.54) is 35.2 Å². The second-order valence-electron chi connectivity index (χ2n) is 9.72. The van der Waals surface area contributed by atoms with E-state index < -0.39 is 35.8 Å². The quantitative estimate of drug-likeness (QED) is 0.433. The number of carbonyl (C=O) groups is 1. The maximum absolute atomic E-state index is 15.2. The number of nitrogens with two attached hydrogens (primary N) is 1. The van der Waals surface area contributed by atoms with E-state index in [4.69, 9.17) is 10.5 Å². The Morgan fingerprint density at radius 1 is 1.19 bits per heavy atom. The lowest BCUT2D eigenvalue weighted by molar-refractivity contribution is -0.0505. The molecule has 4 heterocycles. The van der Waals surface area contributed by atoms with Crippen molar-refractivity contribution in [2.75, 3.05) is 0 Å². The number of rotatable bonds is 4. The maximum Gasteiger partial charge on any atom is 0.387 e. The van der Waals surface area contributed by atoms with Gasteiger partial charge in [-0.25, -0.2) is 23.9 Å². The Bertz CT molecular complexity index is 1580. The van der Waals surface area contributed by atoms with Crippen LogP contribution in [-0.4, -0.2) is 37.1 Å². The molecule has 3 aliphatic rings. The lowest BCUT2D eigenvalue weighted by Crippen LogP contribution is -2.44. The molecule has 1 fully saturated rings.